The first-order valence-electron chi connectivity index (χ1n) is 9.38. The highest BCUT2D eigenvalue weighted by Crippen LogP contribution is 2.40. The lowest BCUT2D eigenvalue weighted by molar-refractivity contribution is -0.122. The van der Waals surface area contributed by atoms with E-state index in [-0.39, 0.29) is 24.8 Å². The summed E-state index contributed by atoms with van der Waals surface area (Å²) in [6, 6.07) is 6.95. The van der Waals surface area contributed by atoms with Crippen LogP contribution < -0.4 is 19.7 Å². The van der Waals surface area contributed by atoms with Crippen LogP contribution in [-0.4, -0.2) is 42.5 Å². The maximum Gasteiger partial charge on any atom is 0.231 e. The molecule has 2 aromatic heterocycles. The number of aromatic nitrogens is 2. The number of pyridine rings is 1. The predicted molar refractivity (Wildman–Crippen MR) is 119 cm³/mol. The van der Waals surface area contributed by atoms with Crippen LogP contribution in [0.2, 0.25) is 5.02 Å². The Bertz CT molecular complexity index is 1120. The minimum Gasteiger partial charge on any atom is -0.495 e. The predicted octanol–water partition coefficient (Wildman–Crippen LogP) is 3.87. The molecular formula is C21H19ClN4O4S. The van der Waals surface area contributed by atoms with E-state index in [1.807, 2.05) is 17.5 Å². The molecular weight excluding hydrogens is 440 g/mol. The van der Waals surface area contributed by atoms with Crippen molar-refractivity contribution in [1.82, 2.24) is 9.97 Å². The molecule has 31 heavy (non-hydrogen) atoms. The van der Waals surface area contributed by atoms with Crippen molar-refractivity contribution in [2.24, 2.45) is 5.92 Å². The number of amides is 2. The monoisotopic (exact) mass is 458 g/mol. The number of rotatable bonds is 6. The van der Waals surface area contributed by atoms with E-state index in [1.54, 1.807) is 24.5 Å². The van der Waals surface area contributed by atoms with E-state index in [9.17, 15) is 9.59 Å². The van der Waals surface area contributed by atoms with Crippen molar-refractivity contribution in [1.29, 1.82) is 0 Å². The summed E-state index contributed by atoms with van der Waals surface area (Å²) in [5, 5.41) is 5.49. The molecule has 3 heterocycles. The maximum atomic E-state index is 12.8. The average Bonchev–Trinajstić information content (AvgIpc) is 3.41. The topological polar surface area (TPSA) is 93.7 Å². The number of hydrogen-bond acceptors (Lipinski definition) is 7. The molecule has 0 saturated carbocycles. The zero-order valence-corrected chi connectivity index (χ0v) is 18.4. The number of nitrogens with zero attached hydrogens (tertiary/aromatic N) is 3. The molecule has 4 rings (SSSR count). The van der Waals surface area contributed by atoms with Crippen LogP contribution in [0.3, 0.4) is 0 Å². The normalized spacial score (nSPS) is 15.8. The van der Waals surface area contributed by atoms with Crippen molar-refractivity contribution in [2.45, 2.75) is 6.42 Å². The molecule has 1 fully saturated rings. The van der Waals surface area contributed by atoms with Gasteiger partial charge in [0.2, 0.25) is 11.8 Å². The Morgan fingerprint density at radius 3 is 2.81 bits per heavy atom. The summed E-state index contributed by atoms with van der Waals surface area (Å²) >= 11 is 7.56. The van der Waals surface area contributed by atoms with Gasteiger partial charge < -0.3 is 19.7 Å². The number of anilines is 2. The van der Waals surface area contributed by atoms with Gasteiger partial charge >= 0.3 is 0 Å². The van der Waals surface area contributed by atoms with Gasteiger partial charge in [-0.3, -0.25) is 14.6 Å². The lowest BCUT2D eigenvalue weighted by Crippen LogP contribution is -2.28. The molecule has 2 amide bonds. The highest BCUT2D eigenvalue weighted by molar-refractivity contribution is 7.14. The standard InChI is InChI=1S/C21H19ClN4O4S/c1-29-17-8-18(30-2)16(7-14(17)22)26-10-13(6-19(26)27)20(28)25-21-24-15(11-31-21)12-4-3-5-23-9-12/h3-5,7-9,11,13H,6,10H2,1-2H3,(H,24,25,28)/t13-/m1/s1. The lowest BCUT2D eigenvalue weighted by atomic mass is 10.1. The molecule has 8 nitrogen and oxygen atoms in total. The third kappa shape index (κ3) is 4.33. The number of carbonyl (C=O) groups is 2. The molecule has 0 aliphatic carbocycles. The van der Waals surface area contributed by atoms with Gasteiger partial charge in [-0.25, -0.2) is 4.98 Å². The van der Waals surface area contributed by atoms with Gasteiger partial charge in [-0.2, -0.15) is 0 Å². The van der Waals surface area contributed by atoms with E-state index >= 15 is 0 Å². The van der Waals surface area contributed by atoms with Crippen molar-refractivity contribution < 1.29 is 19.1 Å². The smallest absolute Gasteiger partial charge is 0.231 e. The van der Waals surface area contributed by atoms with Crippen molar-refractivity contribution in [2.75, 3.05) is 31.0 Å². The number of carbonyl (C=O) groups excluding carboxylic acids is 2. The van der Waals surface area contributed by atoms with Gasteiger partial charge in [0.15, 0.2) is 5.13 Å². The van der Waals surface area contributed by atoms with Crippen LogP contribution in [0.5, 0.6) is 11.5 Å². The Hall–Kier alpha value is -3.17. The molecule has 0 radical (unpaired) electrons. The first-order valence-corrected chi connectivity index (χ1v) is 10.6. The van der Waals surface area contributed by atoms with Crippen LogP contribution in [0.25, 0.3) is 11.3 Å². The van der Waals surface area contributed by atoms with E-state index in [2.05, 4.69) is 15.3 Å². The number of halogens is 1. The van der Waals surface area contributed by atoms with Gasteiger partial charge in [-0.05, 0) is 18.2 Å². The number of ether oxygens (including phenoxy) is 2. The van der Waals surface area contributed by atoms with Crippen LogP contribution in [0, 0.1) is 5.92 Å². The number of hydrogen-bond donors (Lipinski definition) is 1. The fraction of sp³-hybridized carbons (Fsp3) is 0.238. The number of thiazole rings is 1. The summed E-state index contributed by atoms with van der Waals surface area (Å²) in [5.74, 6) is -0.0895. The van der Waals surface area contributed by atoms with E-state index in [4.69, 9.17) is 21.1 Å². The molecule has 0 unspecified atom stereocenters. The quantitative estimate of drug-likeness (QED) is 0.602. The Morgan fingerprint density at radius 1 is 1.29 bits per heavy atom. The van der Waals surface area contributed by atoms with Crippen molar-refractivity contribution >= 4 is 45.6 Å². The van der Waals surface area contributed by atoms with E-state index in [0.717, 1.165) is 11.3 Å². The van der Waals surface area contributed by atoms with E-state index in [1.165, 1.54) is 30.5 Å². The molecule has 0 bridgehead atoms. The number of nitrogens with one attached hydrogen (secondary N) is 1. The van der Waals surface area contributed by atoms with Crippen molar-refractivity contribution in [3.63, 3.8) is 0 Å². The minimum atomic E-state index is -0.524. The van der Waals surface area contributed by atoms with Crippen LogP contribution in [0.4, 0.5) is 10.8 Å². The molecule has 10 heteroatoms. The largest absolute Gasteiger partial charge is 0.495 e. The average molecular weight is 459 g/mol. The van der Waals surface area contributed by atoms with Crippen LogP contribution in [0.15, 0.2) is 42.0 Å². The van der Waals surface area contributed by atoms with Crippen LogP contribution in [-0.2, 0) is 9.59 Å². The lowest BCUT2D eigenvalue weighted by Gasteiger charge is -2.20. The second-order valence-electron chi connectivity index (χ2n) is 6.83. The second kappa shape index (κ2) is 8.91. The van der Waals surface area contributed by atoms with Crippen LogP contribution >= 0.6 is 22.9 Å². The van der Waals surface area contributed by atoms with Gasteiger partial charge in [0, 0.05) is 42.4 Å². The summed E-state index contributed by atoms with van der Waals surface area (Å²) in [5.41, 5.74) is 2.10. The van der Waals surface area contributed by atoms with Gasteiger partial charge in [0.1, 0.15) is 11.5 Å². The number of benzene rings is 1. The molecule has 160 valence electrons. The zero-order chi connectivity index (χ0) is 22.0. The molecule has 3 aromatic rings. The number of methoxy groups -OCH3 is 2. The molecule has 1 aromatic carbocycles. The third-order valence-electron chi connectivity index (χ3n) is 4.93. The Labute approximate surface area is 187 Å². The second-order valence-corrected chi connectivity index (χ2v) is 8.10. The van der Waals surface area contributed by atoms with Crippen LogP contribution in [0.1, 0.15) is 6.42 Å². The Kier molecular flexibility index (Phi) is 6.06. The van der Waals surface area contributed by atoms with Gasteiger partial charge in [0.25, 0.3) is 0 Å². The molecule has 1 N–H and O–H groups in total. The summed E-state index contributed by atoms with van der Waals surface area (Å²) in [7, 11) is 3.00. The summed E-state index contributed by atoms with van der Waals surface area (Å²) in [6.07, 6.45) is 3.48. The SMILES string of the molecule is COc1cc(OC)c(N2C[C@H](C(=O)Nc3nc(-c4cccnc4)cs3)CC2=O)cc1Cl. The van der Waals surface area contributed by atoms with Crippen molar-refractivity contribution in [3.05, 3.63) is 47.1 Å². The highest BCUT2D eigenvalue weighted by Gasteiger charge is 2.37. The first-order chi connectivity index (χ1) is 15.0. The summed E-state index contributed by atoms with van der Waals surface area (Å²) < 4.78 is 10.6. The Morgan fingerprint density at radius 2 is 2.10 bits per heavy atom. The first kappa shape index (κ1) is 21.1. The third-order valence-corrected chi connectivity index (χ3v) is 5.98. The van der Waals surface area contributed by atoms with Gasteiger partial charge in [-0.1, -0.05) is 11.6 Å². The van der Waals surface area contributed by atoms with E-state index in [0.29, 0.717) is 27.3 Å². The Balaban J connectivity index is 1.48. The molecule has 1 atom stereocenters. The minimum absolute atomic E-state index is 0.0828. The van der Waals surface area contributed by atoms with E-state index < -0.39 is 5.92 Å². The zero-order valence-electron chi connectivity index (χ0n) is 16.8. The highest BCUT2D eigenvalue weighted by atomic mass is 35.5. The molecule has 0 spiro atoms. The maximum absolute atomic E-state index is 12.8. The molecule has 1 aliphatic rings. The van der Waals surface area contributed by atoms with Crippen molar-refractivity contribution in [3.8, 4) is 22.8 Å². The fourth-order valence-electron chi connectivity index (χ4n) is 3.36. The molecule has 1 saturated heterocycles. The fourth-order valence-corrected chi connectivity index (χ4v) is 4.31. The van der Waals surface area contributed by atoms with Gasteiger partial charge in [-0.15, -0.1) is 11.3 Å². The summed E-state index contributed by atoms with van der Waals surface area (Å²) in [6.45, 7) is 0.213. The summed E-state index contributed by atoms with van der Waals surface area (Å²) in [4.78, 5) is 35.5. The molecule has 1 aliphatic heterocycles. The van der Waals surface area contributed by atoms with Gasteiger partial charge in [0.05, 0.1) is 36.5 Å².